The van der Waals surface area contributed by atoms with Gasteiger partial charge in [0, 0.05) is 16.4 Å². The number of quaternary nitrogens is 1. The first kappa shape index (κ1) is 10.9. The molecule has 1 unspecified atom stereocenters. The quantitative estimate of drug-likeness (QED) is 0.745. The summed E-state index contributed by atoms with van der Waals surface area (Å²) in [5.74, 6) is -0.0706. The number of carbonyl (C=O) groups excluding carboxylic acids is 1. The Balaban J connectivity index is 2.44. The van der Waals surface area contributed by atoms with Crippen molar-refractivity contribution >= 4 is 11.6 Å². The summed E-state index contributed by atoms with van der Waals surface area (Å²) in [6.07, 6.45) is 0. The Bertz CT molecular complexity index is 431. The van der Waals surface area contributed by atoms with Crippen LogP contribution in [0.15, 0.2) is 18.2 Å². The number of fused-ring (bicyclic) bond motifs is 1. The zero-order chi connectivity index (χ0) is 11.8. The van der Waals surface area contributed by atoms with E-state index in [0.29, 0.717) is 23.6 Å². The zero-order valence-electron chi connectivity index (χ0n) is 8.84. The van der Waals surface area contributed by atoms with Crippen LogP contribution in [0.3, 0.4) is 0 Å². The maximum absolute atomic E-state index is 11.0. The maximum Gasteiger partial charge on any atom is 0.290 e. The van der Waals surface area contributed by atoms with Crippen LogP contribution >= 0.6 is 0 Å². The lowest BCUT2D eigenvalue weighted by Gasteiger charge is -2.18. The fourth-order valence-electron chi connectivity index (χ4n) is 1.61. The zero-order valence-corrected chi connectivity index (χ0v) is 8.84. The summed E-state index contributed by atoms with van der Waals surface area (Å²) in [5.41, 5.74) is 5.85. The van der Waals surface area contributed by atoms with Crippen molar-refractivity contribution in [3.63, 3.8) is 0 Å². The molecule has 1 aromatic rings. The molecule has 6 heteroatoms. The first-order valence-electron chi connectivity index (χ1n) is 4.89. The van der Waals surface area contributed by atoms with Crippen LogP contribution in [-0.4, -0.2) is 24.5 Å². The van der Waals surface area contributed by atoms with Gasteiger partial charge in [0.25, 0.3) is 6.73 Å². The number of benzene rings is 1. The van der Waals surface area contributed by atoms with E-state index in [-0.39, 0.29) is 6.73 Å². The highest BCUT2D eigenvalue weighted by Gasteiger charge is 2.42. The van der Waals surface area contributed by atoms with Gasteiger partial charge in [-0.2, -0.15) is 10.0 Å². The van der Waals surface area contributed by atoms with Crippen LogP contribution in [0.25, 0.3) is 0 Å². The normalized spacial score (nSPS) is 22.6. The molecule has 1 aliphatic heterocycles. The van der Waals surface area contributed by atoms with Crippen molar-refractivity contribution in [2.24, 2.45) is 5.73 Å². The van der Waals surface area contributed by atoms with Crippen LogP contribution in [0, 0.1) is 0 Å². The third-order valence-corrected chi connectivity index (χ3v) is 2.36. The summed E-state index contributed by atoms with van der Waals surface area (Å²) < 4.78 is 5.25. The van der Waals surface area contributed by atoms with Gasteiger partial charge < -0.3 is 10.5 Å². The second-order valence-electron chi connectivity index (χ2n) is 3.44. The van der Waals surface area contributed by atoms with Gasteiger partial charge in [-0.25, -0.2) is 0 Å². The van der Waals surface area contributed by atoms with Crippen LogP contribution in [0.1, 0.15) is 17.3 Å². The molecule has 6 nitrogen and oxygen atoms in total. The molecule has 1 aromatic carbocycles. The second-order valence-corrected chi connectivity index (χ2v) is 3.44. The van der Waals surface area contributed by atoms with Crippen molar-refractivity contribution in [2.75, 3.05) is 13.3 Å². The van der Waals surface area contributed by atoms with Crippen LogP contribution < -0.4 is 15.3 Å². The van der Waals surface area contributed by atoms with Crippen molar-refractivity contribution in [3.8, 4) is 5.75 Å². The number of nitrogens with zero attached hydrogens (tertiary/aromatic N) is 1. The summed E-state index contributed by atoms with van der Waals surface area (Å²) >= 11 is 0. The first-order chi connectivity index (χ1) is 7.57. The number of ether oxygens (including phenoxy) is 1. The molecule has 86 valence electrons. The highest BCUT2D eigenvalue weighted by atomic mass is 16.9. The lowest BCUT2D eigenvalue weighted by atomic mass is 10.2. The molecule has 0 saturated heterocycles. The monoisotopic (exact) mass is 225 g/mol. The highest BCUT2D eigenvalue weighted by Crippen LogP contribution is 2.38. The van der Waals surface area contributed by atoms with Gasteiger partial charge in [-0.3, -0.25) is 4.79 Å². The number of carbonyl (C=O) groups is 1. The molecular formula is C10H13N2O4+. The fourth-order valence-corrected chi connectivity index (χ4v) is 1.61. The largest absolute Gasteiger partial charge is 0.432 e. The lowest BCUT2D eigenvalue weighted by molar-refractivity contribution is -0.332. The van der Waals surface area contributed by atoms with E-state index in [1.54, 1.807) is 19.1 Å². The molecule has 0 fully saturated rings. The number of primary amides is 1. The number of hydrogen-bond acceptors (Lipinski definition) is 4. The standard InChI is InChI=1S/C10H12N2O4/c1-2-16-12(14)6-15-9-4-3-7(10(11)13)5-8(9)12/h3-5,14H,2,6H2,1H3,(H-,11,13)/p+1. The first-order valence-corrected chi connectivity index (χ1v) is 4.89. The summed E-state index contributed by atoms with van der Waals surface area (Å²) in [7, 11) is 0. The van der Waals surface area contributed by atoms with Gasteiger partial charge in [0.2, 0.25) is 11.6 Å². The third kappa shape index (κ3) is 1.63. The van der Waals surface area contributed by atoms with Crippen LogP contribution in [0.5, 0.6) is 5.75 Å². The molecule has 0 spiro atoms. The molecule has 1 atom stereocenters. The van der Waals surface area contributed by atoms with Crippen LogP contribution in [0.4, 0.5) is 5.69 Å². The molecule has 0 aromatic heterocycles. The molecule has 3 N–H and O–H groups in total. The van der Waals surface area contributed by atoms with E-state index in [1.807, 2.05) is 0 Å². The predicted octanol–water partition coefficient (Wildman–Crippen LogP) is 0.783. The van der Waals surface area contributed by atoms with Crippen molar-refractivity contribution in [1.82, 2.24) is 4.81 Å². The molecule has 0 radical (unpaired) electrons. The highest BCUT2D eigenvalue weighted by molar-refractivity contribution is 5.94. The van der Waals surface area contributed by atoms with E-state index in [2.05, 4.69) is 0 Å². The molecule has 0 aliphatic carbocycles. The molecule has 2 rings (SSSR count). The number of hydrogen-bond donors (Lipinski definition) is 2. The molecule has 1 aliphatic rings. The Labute approximate surface area is 92.3 Å². The van der Waals surface area contributed by atoms with Crippen molar-refractivity contribution in [3.05, 3.63) is 23.8 Å². The van der Waals surface area contributed by atoms with Gasteiger partial charge in [-0.15, -0.1) is 0 Å². The lowest BCUT2D eigenvalue weighted by Crippen LogP contribution is -2.44. The Morgan fingerprint density at radius 1 is 1.69 bits per heavy atom. The molecule has 0 bridgehead atoms. The van der Waals surface area contributed by atoms with Crippen LogP contribution in [-0.2, 0) is 4.84 Å². The number of hydroxylamine groups is 2. The van der Waals surface area contributed by atoms with Crippen LogP contribution in [0.2, 0.25) is 0 Å². The van der Waals surface area contributed by atoms with Crippen molar-refractivity contribution in [1.29, 1.82) is 0 Å². The van der Waals surface area contributed by atoms with E-state index in [9.17, 15) is 10.0 Å². The van der Waals surface area contributed by atoms with Crippen molar-refractivity contribution in [2.45, 2.75) is 6.92 Å². The average Bonchev–Trinajstić information content (AvgIpc) is 2.57. The van der Waals surface area contributed by atoms with Crippen molar-refractivity contribution < 1.29 is 19.6 Å². The van der Waals surface area contributed by atoms with Gasteiger partial charge >= 0.3 is 0 Å². The second kappa shape index (κ2) is 3.75. The Morgan fingerprint density at radius 3 is 3.06 bits per heavy atom. The smallest absolute Gasteiger partial charge is 0.290 e. The minimum absolute atomic E-state index is 0.0363. The number of rotatable bonds is 3. The van der Waals surface area contributed by atoms with E-state index in [4.69, 9.17) is 15.3 Å². The van der Waals surface area contributed by atoms with Gasteiger partial charge in [0.15, 0.2) is 5.75 Å². The fraction of sp³-hybridized carbons (Fsp3) is 0.300. The van der Waals surface area contributed by atoms with E-state index >= 15 is 0 Å². The van der Waals surface area contributed by atoms with E-state index in [0.717, 1.165) is 0 Å². The Hall–Kier alpha value is -1.63. The summed E-state index contributed by atoms with van der Waals surface area (Å²) in [5, 5.41) is 10.1. The number of nitrogens with two attached hydrogens (primary N) is 1. The SMILES string of the molecule is CCO[N+]1(O)COc2ccc(C(N)=O)cc21. The van der Waals surface area contributed by atoms with Gasteiger partial charge in [-0.1, -0.05) is 0 Å². The molecule has 16 heavy (non-hydrogen) atoms. The van der Waals surface area contributed by atoms with Gasteiger partial charge in [0.1, 0.15) is 6.61 Å². The topological polar surface area (TPSA) is 81.8 Å². The summed E-state index contributed by atoms with van der Waals surface area (Å²) in [4.78, 5) is 15.4. The Kier molecular flexibility index (Phi) is 2.55. The number of amides is 1. The summed E-state index contributed by atoms with van der Waals surface area (Å²) in [6, 6.07) is 4.60. The minimum Gasteiger partial charge on any atom is -0.432 e. The third-order valence-electron chi connectivity index (χ3n) is 2.36. The minimum atomic E-state index is -0.785. The molecule has 1 heterocycles. The van der Waals surface area contributed by atoms with Gasteiger partial charge in [0.05, 0.1) is 0 Å². The predicted molar refractivity (Wildman–Crippen MR) is 55.7 cm³/mol. The van der Waals surface area contributed by atoms with E-state index < -0.39 is 10.7 Å². The Morgan fingerprint density at radius 2 is 2.44 bits per heavy atom. The molecular weight excluding hydrogens is 212 g/mol. The average molecular weight is 225 g/mol. The summed E-state index contributed by atoms with van der Waals surface area (Å²) in [6.45, 7) is 2.04. The van der Waals surface area contributed by atoms with Gasteiger partial charge in [-0.05, 0) is 19.1 Å². The molecule has 1 amide bonds. The molecule has 0 saturated carbocycles. The van der Waals surface area contributed by atoms with E-state index in [1.165, 1.54) is 6.07 Å². The maximum atomic E-state index is 11.0.